The Morgan fingerprint density at radius 1 is 1.38 bits per heavy atom. The fraction of sp³-hybridized carbons (Fsp3) is 0.933. The third-order valence-corrected chi connectivity index (χ3v) is 6.89. The van der Waals surface area contributed by atoms with Gasteiger partial charge in [0, 0.05) is 42.7 Å². The zero-order valence-electron chi connectivity index (χ0n) is 15.1. The van der Waals surface area contributed by atoms with Gasteiger partial charge in [-0.3, -0.25) is 4.99 Å². The number of hydrogen-bond acceptors (Lipinski definition) is 4. The fourth-order valence-corrected chi connectivity index (χ4v) is 5.53. The maximum atomic E-state index is 11.8. The van der Waals surface area contributed by atoms with Crippen LogP contribution < -0.4 is 5.32 Å². The van der Waals surface area contributed by atoms with Crippen LogP contribution in [0.4, 0.5) is 0 Å². The Morgan fingerprint density at radius 2 is 2.08 bits per heavy atom. The molecule has 2 aliphatic rings. The van der Waals surface area contributed by atoms with E-state index in [1.807, 2.05) is 11.8 Å². The van der Waals surface area contributed by atoms with E-state index in [2.05, 4.69) is 31.0 Å². The molecule has 2 rings (SSSR count). The average Bonchev–Trinajstić information content (AvgIpc) is 2.90. The molecule has 9 heteroatoms. The topological polar surface area (TPSA) is 65.0 Å². The molecule has 2 heterocycles. The van der Waals surface area contributed by atoms with Crippen molar-refractivity contribution in [2.45, 2.75) is 44.4 Å². The third-order valence-electron chi connectivity index (χ3n) is 4.26. The van der Waals surface area contributed by atoms with E-state index < -0.39 is 10.0 Å². The van der Waals surface area contributed by atoms with Gasteiger partial charge < -0.3 is 10.2 Å². The second kappa shape index (κ2) is 9.27. The van der Waals surface area contributed by atoms with Gasteiger partial charge in [-0.1, -0.05) is 0 Å². The fourth-order valence-electron chi connectivity index (χ4n) is 3.24. The number of guanidine groups is 1. The van der Waals surface area contributed by atoms with E-state index >= 15 is 0 Å². The van der Waals surface area contributed by atoms with Crippen LogP contribution in [0.1, 0.15) is 33.6 Å². The van der Waals surface area contributed by atoms with Crippen molar-refractivity contribution in [3.05, 3.63) is 0 Å². The minimum Gasteiger partial charge on any atom is -0.357 e. The van der Waals surface area contributed by atoms with E-state index in [4.69, 9.17) is 4.99 Å². The number of sulfonamides is 1. The molecule has 142 valence electrons. The zero-order valence-corrected chi connectivity index (χ0v) is 19.1. The van der Waals surface area contributed by atoms with Crippen molar-refractivity contribution in [2.75, 3.05) is 44.7 Å². The van der Waals surface area contributed by atoms with Gasteiger partial charge in [-0.15, -0.1) is 24.0 Å². The van der Waals surface area contributed by atoms with Crippen LogP contribution in [0, 0.1) is 0 Å². The van der Waals surface area contributed by atoms with E-state index in [0.717, 1.165) is 44.2 Å². The molecule has 0 unspecified atom stereocenters. The van der Waals surface area contributed by atoms with Crippen molar-refractivity contribution in [1.29, 1.82) is 0 Å². The summed E-state index contributed by atoms with van der Waals surface area (Å²) in [5.41, 5.74) is 0. The van der Waals surface area contributed by atoms with E-state index in [9.17, 15) is 8.42 Å². The lowest BCUT2D eigenvalue weighted by Gasteiger charge is -2.39. The number of halogens is 1. The minimum absolute atomic E-state index is 0. The summed E-state index contributed by atoms with van der Waals surface area (Å²) in [5, 5.41) is 3.37. The second-order valence-corrected chi connectivity index (χ2v) is 10.6. The van der Waals surface area contributed by atoms with E-state index in [1.165, 1.54) is 6.26 Å². The van der Waals surface area contributed by atoms with Crippen LogP contribution in [-0.2, 0) is 10.0 Å². The molecule has 0 aliphatic carbocycles. The Hall–Kier alpha value is 0.260. The van der Waals surface area contributed by atoms with Gasteiger partial charge in [-0.2, -0.15) is 16.1 Å². The summed E-state index contributed by atoms with van der Waals surface area (Å²) >= 11 is 1.99. The molecule has 0 radical (unpaired) electrons. The molecule has 0 bridgehead atoms. The highest BCUT2D eigenvalue weighted by Gasteiger charge is 2.32. The van der Waals surface area contributed by atoms with Crippen LogP contribution in [0.25, 0.3) is 0 Å². The van der Waals surface area contributed by atoms with Crippen molar-refractivity contribution in [3.63, 3.8) is 0 Å². The Balaban J connectivity index is 0.00000288. The Morgan fingerprint density at radius 3 is 2.67 bits per heavy atom. The SMILES string of the molecule is CCNC(=NC[C@H]1CCCN1S(C)(=O)=O)N1CCSC(C)(C)C1.I. The van der Waals surface area contributed by atoms with Crippen LogP contribution >= 0.6 is 35.7 Å². The number of thioether (sulfide) groups is 1. The van der Waals surface area contributed by atoms with Crippen LogP contribution in [0.2, 0.25) is 0 Å². The first-order valence-electron chi connectivity index (χ1n) is 8.37. The molecule has 2 saturated heterocycles. The van der Waals surface area contributed by atoms with Crippen LogP contribution in [-0.4, -0.2) is 79.1 Å². The summed E-state index contributed by atoms with van der Waals surface area (Å²) in [6, 6.07) is 0.00540. The lowest BCUT2D eigenvalue weighted by Crippen LogP contribution is -2.51. The molecule has 0 spiro atoms. The highest BCUT2D eigenvalue weighted by atomic mass is 127. The third kappa shape index (κ3) is 6.21. The quantitative estimate of drug-likeness (QED) is 0.370. The molecule has 24 heavy (non-hydrogen) atoms. The smallest absolute Gasteiger partial charge is 0.211 e. The lowest BCUT2D eigenvalue weighted by atomic mass is 10.2. The molecule has 0 aromatic rings. The summed E-state index contributed by atoms with van der Waals surface area (Å²) in [4.78, 5) is 7.07. The Kier molecular flexibility index (Phi) is 8.61. The van der Waals surface area contributed by atoms with Crippen LogP contribution in [0.5, 0.6) is 0 Å². The van der Waals surface area contributed by atoms with Crippen molar-refractivity contribution in [1.82, 2.24) is 14.5 Å². The number of rotatable bonds is 4. The zero-order chi connectivity index (χ0) is 17.1. The van der Waals surface area contributed by atoms with Crippen molar-refractivity contribution >= 4 is 51.7 Å². The number of aliphatic imine (C=N–C) groups is 1. The monoisotopic (exact) mass is 490 g/mol. The summed E-state index contributed by atoms with van der Waals surface area (Å²) in [6.07, 6.45) is 3.12. The normalized spacial score (nSPS) is 25.4. The molecule has 1 atom stereocenters. The van der Waals surface area contributed by atoms with Crippen molar-refractivity contribution in [3.8, 4) is 0 Å². The molecule has 0 aromatic heterocycles. The molecule has 2 fully saturated rings. The van der Waals surface area contributed by atoms with Gasteiger partial charge in [0.25, 0.3) is 0 Å². The van der Waals surface area contributed by atoms with Gasteiger partial charge >= 0.3 is 0 Å². The number of nitrogens with one attached hydrogen (secondary N) is 1. The summed E-state index contributed by atoms with van der Waals surface area (Å²) < 4.78 is 25.5. The predicted octanol–water partition coefficient (Wildman–Crippen LogP) is 1.82. The highest BCUT2D eigenvalue weighted by molar-refractivity contribution is 14.0. The van der Waals surface area contributed by atoms with E-state index in [1.54, 1.807) is 4.31 Å². The molecular formula is C15H31IN4O2S2. The minimum atomic E-state index is -3.13. The van der Waals surface area contributed by atoms with Gasteiger partial charge in [-0.05, 0) is 33.6 Å². The molecule has 2 aliphatic heterocycles. The first-order chi connectivity index (χ1) is 10.7. The van der Waals surface area contributed by atoms with Crippen LogP contribution in [0.3, 0.4) is 0 Å². The maximum absolute atomic E-state index is 11.8. The Bertz CT molecular complexity index is 540. The van der Waals surface area contributed by atoms with E-state index in [0.29, 0.717) is 13.1 Å². The summed E-state index contributed by atoms with van der Waals surface area (Å²) in [6.45, 7) is 10.5. The molecule has 0 amide bonds. The molecule has 6 nitrogen and oxygen atoms in total. The first-order valence-corrected chi connectivity index (χ1v) is 11.2. The Labute approximate surface area is 168 Å². The first kappa shape index (κ1) is 22.3. The number of hydrogen-bond donors (Lipinski definition) is 1. The summed E-state index contributed by atoms with van der Waals surface area (Å²) in [7, 11) is -3.13. The molecule has 0 aromatic carbocycles. The molecule has 0 saturated carbocycles. The van der Waals surface area contributed by atoms with E-state index in [-0.39, 0.29) is 34.8 Å². The molecular weight excluding hydrogens is 459 g/mol. The van der Waals surface area contributed by atoms with Gasteiger partial charge in [0.1, 0.15) is 0 Å². The second-order valence-electron chi connectivity index (χ2n) is 6.89. The van der Waals surface area contributed by atoms with Crippen molar-refractivity contribution < 1.29 is 8.42 Å². The average molecular weight is 490 g/mol. The number of nitrogens with zero attached hydrogens (tertiary/aromatic N) is 3. The molecule has 1 N–H and O–H groups in total. The summed E-state index contributed by atoms with van der Waals surface area (Å²) in [5.74, 6) is 2.01. The van der Waals surface area contributed by atoms with Crippen molar-refractivity contribution in [2.24, 2.45) is 4.99 Å². The van der Waals surface area contributed by atoms with Gasteiger partial charge in [-0.25, -0.2) is 8.42 Å². The van der Waals surface area contributed by atoms with Crippen LogP contribution in [0.15, 0.2) is 4.99 Å². The van der Waals surface area contributed by atoms with Gasteiger partial charge in [0.2, 0.25) is 10.0 Å². The van der Waals surface area contributed by atoms with Gasteiger partial charge in [0.05, 0.1) is 12.8 Å². The van der Waals surface area contributed by atoms with Gasteiger partial charge in [0.15, 0.2) is 5.96 Å². The largest absolute Gasteiger partial charge is 0.357 e. The maximum Gasteiger partial charge on any atom is 0.211 e. The lowest BCUT2D eigenvalue weighted by molar-refractivity contribution is 0.368. The highest BCUT2D eigenvalue weighted by Crippen LogP contribution is 2.29. The predicted molar refractivity (Wildman–Crippen MR) is 114 cm³/mol. The standard InChI is InChI=1S/C15H30N4O2S2.HI/c1-5-16-14(18-9-10-22-15(2,3)12-18)17-11-13-7-6-8-19(13)23(4,20)21;/h13H,5-12H2,1-4H3,(H,16,17);1H/t13-;/m1./s1.